The summed E-state index contributed by atoms with van der Waals surface area (Å²) in [5, 5.41) is 0.377. The third-order valence-corrected chi connectivity index (χ3v) is 2.49. The second-order valence-corrected chi connectivity index (χ2v) is 3.24. The molecule has 0 aliphatic heterocycles. The molecule has 0 saturated carbocycles. The van der Waals surface area contributed by atoms with E-state index in [1.165, 1.54) is 0 Å². The smallest absolute Gasteiger partial charge is 0.205 e. The van der Waals surface area contributed by atoms with Crippen molar-refractivity contribution in [1.29, 1.82) is 0 Å². The number of nitrogens with zero attached hydrogens (tertiary/aromatic N) is 2. The highest BCUT2D eigenvalue weighted by molar-refractivity contribution is 7.79. The molecule has 1 aromatic rings. The molecule has 1 unspecified atom stereocenters. The Bertz CT molecular complexity index is 306. The quantitative estimate of drug-likeness (QED) is 0.635. The van der Waals surface area contributed by atoms with Crippen LogP contribution in [0.5, 0.6) is 0 Å². The van der Waals surface area contributed by atoms with Crippen molar-refractivity contribution in [3.8, 4) is 0 Å². The first-order valence-electron chi connectivity index (χ1n) is 3.15. The first-order chi connectivity index (χ1) is 5.04. The molecule has 1 rings (SSSR count). The van der Waals surface area contributed by atoms with Crippen molar-refractivity contribution in [2.24, 2.45) is 7.05 Å². The molecular formula is C6H10N2O2S. The molecule has 0 amide bonds. The summed E-state index contributed by atoms with van der Waals surface area (Å²) in [4.78, 5) is 4.04. The van der Waals surface area contributed by atoms with Crippen LogP contribution < -0.4 is 0 Å². The fourth-order valence-corrected chi connectivity index (χ4v) is 1.66. The van der Waals surface area contributed by atoms with Crippen LogP contribution in [-0.2, 0) is 18.1 Å². The molecule has 0 bridgehead atoms. The monoisotopic (exact) mass is 174 g/mol. The minimum atomic E-state index is -1.93. The lowest BCUT2D eigenvalue weighted by molar-refractivity contribution is 0.552. The largest absolute Gasteiger partial charge is 0.322 e. The van der Waals surface area contributed by atoms with E-state index < -0.39 is 11.1 Å². The predicted octanol–water partition coefficient (Wildman–Crippen LogP) is 0.618. The number of hydrogen-bond acceptors (Lipinski definition) is 2. The Labute approximate surface area is 67.5 Å². The van der Waals surface area contributed by atoms with Gasteiger partial charge in [-0.25, -0.2) is 9.19 Å². The average molecular weight is 174 g/mol. The van der Waals surface area contributed by atoms with Crippen LogP contribution in [0.4, 0.5) is 0 Å². The molecule has 0 fully saturated rings. The van der Waals surface area contributed by atoms with Gasteiger partial charge in [0.1, 0.15) is 5.82 Å². The third-order valence-electron chi connectivity index (χ3n) is 1.59. The first-order valence-corrected chi connectivity index (χ1v) is 4.25. The summed E-state index contributed by atoms with van der Waals surface area (Å²) in [7, 11) is 1.72. The fourth-order valence-electron chi connectivity index (χ4n) is 0.999. The van der Waals surface area contributed by atoms with E-state index in [9.17, 15) is 4.21 Å². The highest BCUT2D eigenvalue weighted by Gasteiger charge is 2.12. The van der Waals surface area contributed by atoms with Gasteiger partial charge in [0, 0.05) is 7.05 Å². The van der Waals surface area contributed by atoms with Crippen LogP contribution >= 0.6 is 0 Å². The molecule has 0 aromatic carbocycles. The molecule has 1 aromatic heterocycles. The Morgan fingerprint density at radius 2 is 2.09 bits per heavy atom. The van der Waals surface area contributed by atoms with Crippen LogP contribution in [-0.4, -0.2) is 18.3 Å². The van der Waals surface area contributed by atoms with Crippen molar-refractivity contribution in [1.82, 2.24) is 9.55 Å². The number of imidazole rings is 1. The van der Waals surface area contributed by atoms with Gasteiger partial charge in [-0.05, 0) is 13.8 Å². The molecule has 0 saturated heterocycles. The normalized spacial score (nSPS) is 13.5. The zero-order valence-electron chi connectivity index (χ0n) is 6.66. The highest BCUT2D eigenvalue weighted by Crippen LogP contribution is 2.11. The minimum Gasteiger partial charge on any atom is -0.322 e. The van der Waals surface area contributed by atoms with Gasteiger partial charge >= 0.3 is 0 Å². The lowest BCUT2D eigenvalue weighted by Gasteiger charge is -1.97. The van der Waals surface area contributed by atoms with E-state index in [2.05, 4.69) is 4.98 Å². The molecule has 62 valence electrons. The first kappa shape index (κ1) is 8.42. The molecule has 0 aliphatic rings. The molecular weight excluding hydrogens is 164 g/mol. The van der Waals surface area contributed by atoms with Crippen molar-refractivity contribution in [2.75, 3.05) is 0 Å². The SMILES string of the molecule is Cc1nc(C)n(C)c1S(=O)O. The Morgan fingerprint density at radius 1 is 1.55 bits per heavy atom. The van der Waals surface area contributed by atoms with Crippen LogP contribution in [0.1, 0.15) is 11.5 Å². The zero-order chi connectivity index (χ0) is 8.59. The Morgan fingerprint density at radius 3 is 2.27 bits per heavy atom. The zero-order valence-corrected chi connectivity index (χ0v) is 7.47. The van der Waals surface area contributed by atoms with Gasteiger partial charge in [-0.1, -0.05) is 0 Å². The van der Waals surface area contributed by atoms with Crippen molar-refractivity contribution < 1.29 is 8.76 Å². The maximum absolute atomic E-state index is 10.7. The number of rotatable bonds is 1. The fraction of sp³-hybridized carbons (Fsp3) is 0.500. The number of hydrogen-bond donors (Lipinski definition) is 1. The maximum atomic E-state index is 10.7. The average Bonchev–Trinajstić information content (AvgIpc) is 2.07. The molecule has 4 nitrogen and oxygen atoms in total. The highest BCUT2D eigenvalue weighted by atomic mass is 32.2. The summed E-state index contributed by atoms with van der Waals surface area (Å²) in [5.74, 6) is 0.750. The van der Waals surface area contributed by atoms with Gasteiger partial charge in [0.05, 0.1) is 5.69 Å². The Kier molecular flexibility index (Phi) is 2.10. The van der Waals surface area contributed by atoms with E-state index in [0.29, 0.717) is 10.7 Å². The van der Waals surface area contributed by atoms with E-state index in [-0.39, 0.29) is 0 Å². The summed E-state index contributed by atoms with van der Waals surface area (Å²) in [6, 6.07) is 0. The van der Waals surface area contributed by atoms with Crippen LogP contribution in [0.2, 0.25) is 0 Å². The van der Waals surface area contributed by atoms with Crippen LogP contribution in [0.25, 0.3) is 0 Å². The third kappa shape index (κ3) is 1.34. The van der Waals surface area contributed by atoms with E-state index in [1.807, 2.05) is 0 Å². The van der Waals surface area contributed by atoms with Gasteiger partial charge in [-0.2, -0.15) is 0 Å². The second-order valence-electron chi connectivity index (χ2n) is 2.36. The summed E-state index contributed by atoms with van der Waals surface area (Å²) in [5.41, 5.74) is 0.617. The molecule has 5 heteroatoms. The second kappa shape index (κ2) is 2.75. The molecule has 1 N–H and O–H groups in total. The van der Waals surface area contributed by atoms with Gasteiger partial charge in [0.25, 0.3) is 0 Å². The van der Waals surface area contributed by atoms with E-state index >= 15 is 0 Å². The van der Waals surface area contributed by atoms with Gasteiger partial charge in [0.15, 0.2) is 5.03 Å². The summed E-state index contributed by atoms with van der Waals surface area (Å²) < 4.78 is 21.1. The minimum absolute atomic E-state index is 0.377. The van der Waals surface area contributed by atoms with E-state index in [0.717, 1.165) is 5.82 Å². The molecule has 1 heterocycles. The summed E-state index contributed by atoms with van der Waals surface area (Å²) >= 11 is -1.93. The molecule has 1 atom stereocenters. The van der Waals surface area contributed by atoms with Crippen LogP contribution in [0.15, 0.2) is 5.03 Å². The van der Waals surface area contributed by atoms with Crippen LogP contribution in [0, 0.1) is 13.8 Å². The number of aromatic nitrogens is 2. The van der Waals surface area contributed by atoms with Crippen molar-refractivity contribution in [3.63, 3.8) is 0 Å². The molecule has 0 spiro atoms. The maximum Gasteiger partial charge on any atom is 0.205 e. The van der Waals surface area contributed by atoms with Crippen LogP contribution in [0.3, 0.4) is 0 Å². The van der Waals surface area contributed by atoms with Gasteiger partial charge < -0.3 is 9.12 Å². The van der Waals surface area contributed by atoms with Gasteiger partial charge in [-0.3, -0.25) is 0 Å². The summed E-state index contributed by atoms with van der Waals surface area (Å²) in [6.07, 6.45) is 0. The predicted molar refractivity (Wildman–Crippen MR) is 41.7 cm³/mol. The van der Waals surface area contributed by atoms with Gasteiger partial charge in [0.2, 0.25) is 11.1 Å². The van der Waals surface area contributed by atoms with Gasteiger partial charge in [-0.15, -0.1) is 0 Å². The van der Waals surface area contributed by atoms with Crippen molar-refractivity contribution in [2.45, 2.75) is 18.9 Å². The number of aryl methyl sites for hydroxylation is 2. The Balaban J connectivity index is 3.34. The summed E-state index contributed by atoms with van der Waals surface area (Å²) in [6.45, 7) is 3.51. The molecule has 0 radical (unpaired) electrons. The molecule has 0 aliphatic carbocycles. The lowest BCUT2D eigenvalue weighted by atomic mass is 10.6. The van der Waals surface area contributed by atoms with Crippen molar-refractivity contribution in [3.05, 3.63) is 11.5 Å². The standard InChI is InChI=1S/C6H10N2O2S/c1-4-6(11(9)10)8(3)5(2)7-4/h1-3H3,(H,9,10). The van der Waals surface area contributed by atoms with E-state index in [4.69, 9.17) is 4.55 Å². The van der Waals surface area contributed by atoms with E-state index in [1.54, 1.807) is 25.5 Å². The topological polar surface area (TPSA) is 55.1 Å². The molecule has 11 heavy (non-hydrogen) atoms. The Hall–Kier alpha value is -0.680. The van der Waals surface area contributed by atoms with Crippen molar-refractivity contribution >= 4 is 11.1 Å². The lowest BCUT2D eigenvalue weighted by Crippen LogP contribution is -2.00.